The van der Waals surface area contributed by atoms with E-state index in [1.54, 1.807) is 18.2 Å². The molecular formula is C30H30ClNO4. The minimum absolute atomic E-state index is 0.0228. The SMILES string of the molecule is COc1cc(/C(O)=C2/C(=O)C(=O)N(c3ccc(C(C)C)cc3)C2c2ccc(C(C)C)cc2)ccc1Cl. The lowest BCUT2D eigenvalue weighted by molar-refractivity contribution is -0.132. The standard InChI is InChI=1S/C30H30ClNO4/c1-17(2)19-6-8-21(9-7-19)27-26(28(33)22-12-15-24(31)25(16-22)36-5)29(34)30(35)32(27)23-13-10-20(11-14-23)18(3)4/h6-18,27,33H,1-5H3/b28-26-. The van der Waals surface area contributed by atoms with Crippen molar-refractivity contribution in [2.24, 2.45) is 0 Å². The van der Waals surface area contributed by atoms with Crippen LogP contribution >= 0.6 is 11.6 Å². The van der Waals surface area contributed by atoms with Gasteiger partial charge in [0.25, 0.3) is 11.7 Å². The summed E-state index contributed by atoms with van der Waals surface area (Å²) in [7, 11) is 1.47. The Bertz CT molecular complexity index is 1320. The molecule has 1 aliphatic rings. The number of carbonyl (C=O) groups excluding carboxylic acids is 2. The molecule has 0 spiro atoms. The Hall–Kier alpha value is -3.57. The first-order valence-electron chi connectivity index (χ1n) is 12.0. The second-order valence-corrected chi connectivity index (χ2v) is 9.99. The maximum Gasteiger partial charge on any atom is 0.300 e. The van der Waals surface area contributed by atoms with Crippen LogP contribution in [0.25, 0.3) is 5.76 Å². The molecule has 1 N–H and O–H groups in total. The van der Waals surface area contributed by atoms with Gasteiger partial charge in [-0.15, -0.1) is 0 Å². The third-order valence-corrected chi connectivity index (χ3v) is 6.94. The van der Waals surface area contributed by atoms with Crippen molar-refractivity contribution in [3.05, 3.63) is 99.6 Å². The lowest BCUT2D eigenvalue weighted by atomic mass is 9.93. The quantitative estimate of drug-likeness (QED) is 0.219. The topological polar surface area (TPSA) is 66.8 Å². The van der Waals surface area contributed by atoms with Crippen LogP contribution in [-0.4, -0.2) is 23.9 Å². The monoisotopic (exact) mass is 503 g/mol. The van der Waals surface area contributed by atoms with Gasteiger partial charge in [-0.25, -0.2) is 0 Å². The number of rotatable bonds is 6. The van der Waals surface area contributed by atoms with E-state index >= 15 is 0 Å². The fraction of sp³-hybridized carbons (Fsp3) is 0.267. The summed E-state index contributed by atoms with van der Waals surface area (Å²) in [5.74, 6) is -0.691. The zero-order chi connectivity index (χ0) is 26.1. The number of anilines is 1. The Morgan fingerprint density at radius 2 is 1.44 bits per heavy atom. The maximum absolute atomic E-state index is 13.4. The Morgan fingerprint density at radius 1 is 0.889 bits per heavy atom. The first kappa shape index (κ1) is 25.5. The van der Waals surface area contributed by atoms with Crippen LogP contribution in [0, 0.1) is 0 Å². The van der Waals surface area contributed by atoms with Crippen LogP contribution in [0.3, 0.4) is 0 Å². The van der Waals surface area contributed by atoms with E-state index in [-0.39, 0.29) is 11.3 Å². The summed E-state index contributed by atoms with van der Waals surface area (Å²) in [5, 5.41) is 11.7. The van der Waals surface area contributed by atoms with E-state index in [1.807, 2.05) is 48.5 Å². The second-order valence-electron chi connectivity index (χ2n) is 9.59. The van der Waals surface area contributed by atoms with E-state index < -0.39 is 17.7 Å². The number of Topliss-reactive ketones (excluding diaryl/α,β-unsaturated/α-hetero) is 1. The number of hydrogen-bond donors (Lipinski definition) is 1. The highest BCUT2D eigenvalue weighted by molar-refractivity contribution is 6.51. The van der Waals surface area contributed by atoms with Crippen molar-refractivity contribution in [1.82, 2.24) is 0 Å². The number of carbonyl (C=O) groups is 2. The average Bonchev–Trinajstić information content (AvgIpc) is 3.14. The molecule has 0 saturated carbocycles. The summed E-state index contributed by atoms with van der Waals surface area (Å²) in [4.78, 5) is 28.3. The highest BCUT2D eigenvalue weighted by Gasteiger charge is 2.47. The van der Waals surface area contributed by atoms with Crippen molar-refractivity contribution in [2.45, 2.75) is 45.6 Å². The lowest BCUT2D eigenvalue weighted by Gasteiger charge is -2.26. The van der Waals surface area contributed by atoms with Crippen molar-refractivity contribution in [3.63, 3.8) is 0 Å². The molecule has 1 unspecified atom stereocenters. The van der Waals surface area contributed by atoms with Crippen LogP contribution in [0.4, 0.5) is 5.69 Å². The van der Waals surface area contributed by atoms with Gasteiger partial charge in [0.15, 0.2) is 0 Å². The van der Waals surface area contributed by atoms with Crippen molar-refractivity contribution in [2.75, 3.05) is 12.0 Å². The van der Waals surface area contributed by atoms with Crippen LogP contribution in [0.1, 0.15) is 67.8 Å². The Morgan fingerprint density at radius 3 is 1.97 bits per heavy atom. The van der Waals surface area contributed by atoms with Crippen molar-refractivity contribution < 1.29 is 19.4 Å². The maximum atomic E-state index is 13.4. The van der Waals surface area contributed by atoms with Gasteiger partial charge in [-0.3, -0.25) is 14.5 Å². The molecular weight excluding hydrogens is 474 g/mol. The number of nitrogens with zero attached hydrogens (tertiary/aromatic N) is 1. The predicted octanol–water partition coefficient (Wildman–Crippen LogP) is 7.22. The highest BCUT2D eigenvalue weighted by atomic mass is 35.5. The van der Waals surface area contributed by atoms with E-state index in [4.69, 9.17) is 16.3 Å². The molecule has 6 heteroatoms. The third kappa shape index (κ3) is 4.63. The molecule has 1 saturated heterocycles. The number of ketones is 1. The third-order valence-electron chi connectivity index (χ3n) is 6.63. The molecule has 1 amide bonds. The van der Waals surface area contributed by atoms with E-state index in [9.17, 15) is 14.7 Å². The van der Waals surface area contributed by atoms with Crippen LogP contribution in [0.2, 0.25) is 5.02 Å². The molecule has 36 heavy (non-hydrogen) atoms. The largest absolute Gasteiger partial charge is 0.507 e. The van der Waals surface area contributed by atoms with Crippen molar-refractivity contribution in [1.29, 1.82) is 0 Å². The minimum atomic E-state index is -0.794. The number of aliphatic hydroxyl groups excluding tert-OH is 1. The molecule has 186 valence electrons. The number of benzene rings is 3. The van der Waals surface area contributed by atoms with E-state index in [0.717, 1.165) is 16.7 Å². The first-order valence-corrected chi connectivity index (χ1v) is 12.4. The number of halogens is 1. The molecule has 4 rings (SSSR count). The summed E-state index contributed by atoms with van der Waals surface area (Å²) in [5.41, 5.74) is 3.95. The molecule has 0 radical (unpaired) electrons. The minimum Gasteiger partial charge on any atom is -0.507 e. The molecule has 0 bridgehead atoms. The molecule has 1 heterocycles. The summed E-state index contributed by atoms with van der Waals surface area (Å²) < 4.78 is 5.29. The Kier molecular flexibility index (Phi) is 7.23. The first-order chi connectivity index (χ1) is 17.1. The van der Waals surface area contributed by atoms with Gasteiger partial charge < -0.3 is 9.84 Å². The van der Waals surface area contributed by atoms with Crippen molar-refractivity contribution in [3.8, 4) is 5.75 Å². The van der Waals surface area contributed by atoms with Crippen LogP contribution in [0.5, 0.6) is 5.75 Å². The fourth-order valence-corrected chi connectivity index (χ4v) is 4.65. The number of methoxy groups -OCH3 is 1. The molecule has 1 aliphatic heterocycles. The van der Waals surface area contributed by atoms with Gasteiger partial charge in [-0.1, -0.05) is 75.7 Å². The highest BCUT2D eigenvalue weighted by Crippen LogP contribution is 2.43. The van der Waals surface area contributed by atoms with Gasteiger partial charge in [0, 0.05) is 11.3 Å². The van der Waals surface area contributed by atoms with Gasteiger partial charge in [-0.2, -0.15) is 0 Å². The zero-order valence-electron chi connectivity index (χ0n) is 21.1. The summed E-state index contributed by atoms with van der Waals surface area (Å²) in [6, 6.07) is 19.4. The number of aliphatic hydroxyl groups is 1. The predicted molar refractivity (Wildman–Crippen MR) is 144 cm³/mol. The second kappa shape index (κ2) is 10.2. The van der Waals surface area contributed by atoms with Gasteiger partial charge >= 0.3 is 0 Å². The summed E-state index contributed by atoms with van der Waals surface area (Å²) in [6.45, 7) is 8.40. The molecule has 0 aromatic heterocycles. The fourth-order valence-electron chi connectivity index (χ4n) is 4.46. The van der Waals surface area contributed by atoms with Crippen molar-refractivity contribution >= 4 is 34.7 Å². The van der Waals surface area contributed by atoms with E-state index in [0.29, 0.717) is 33.9 Å². The molecule has 0 aliphatic carbocycles. The summed E-state index contributed by atoms with van der Waals surface area (Å²) in [6.07, 6.45) is 0. The van der Waals surface area contributed by atoms with E-state index in [2.05, 4.69) is 27.7 Å². The Labute approximate surface area is 217 Å². The molecule has 1 fully saturated rings. The molecule has 3 aromatic rings. The van der Waals surface area contributed by atoms with Gasteiger partial charge in [0.05, 0.1) is 23.7 Å². The van der Waals surface area contributed by atoms with Crippen LogP contribution < -0.4 is 9.64 Å². The number of hydrogen-bond acceptors (Lipinski definition) is 4. The van der Waals surface area contributed by atoms with Gasteiger partial charge in [-0.05, 0) is 58.9 Å². The van der Waals surface area contributed by atoms with E-state index in [1.165, 1.54) is 12.0 Å². The number of amides is 1. The molecule has 3 aromatic carbocycles. The van der Waals surface area contributed by atoms with Gasteiger partial charge in [0.2, 0.25) is 0 Å². The summed E-state index contributed by atoms with van der Waals surface area (Å²) >= 11 is 6.16. The lowest BCUT2D eigenvalue weighted by Crippen LogP contribution is -2.29. The smallest absolute Gasteiger partial charge is 0.300 e. The zero-order valence-corrected chi connectivity index (χ0v) is 21.8. The van der Waals surface area contributed by atoms with Crippen LogP contribution in [0.15, 0.2) is 72.3 Å². The molecule has 5 nitrogen and oxygen atoms in total. The van der Waals surface area contributed by atoms with Crippen LogP contribution in [-0.2, 0) is 9.59 Å². The number of ether oxygens (including phenoxy) is 1. The Balaban J connectivity index is 1.91. The normalized spacial score (nSPS) is 17.3. The molecule has 1 atom stereocenters. The van der Waals surface area contributed by atoms with Gasteiger partial charge in [0.1, 0.15) is 11.5 Å². The average molecular weight is 504 g/mol.